The summed E-state index contributed by atoms with van der Waals surface area (Å²) in [5, 5.41) is 2.63. The molecule has 1 heterocycles. The monoisotopic (exact) mass is 276 g/mol. The number of benzene rings is 1. The maximum atomic E-state index is 14.2. The van der Waals surface area contributed by atoms with E-state index in [1.54, 1.807) is 13.0 Å². The molecule has 1 aromatic carbocycles. The number of hydrogen-bond donors (Lipinski definition) is 1. The van der Waals surface area contributed by atoms with E-state index in [4.69, 9.17) is 0 Å². The summed E-state index contributed by atoms with van der Waals surface area (Å²) >= 11 is 0. The van der Waals surface area contributed by atoms with Gasteiger partial charge in [0, 0.05) is 0 Å². The van der Waals surface area contributed by atoms with E-state index in [-0.39, 0.29) is 5.69 Å². The van der Waals surface area contributed by atoms with Crippen LogP contribution in [0.1, 0.15) is 44.6 Å². The van der Waals surface area contributed by atoms with Gasteiger partial charge in [0.25, 0.3) is 5.91 Å². The van der Waals surface area contributed by atoms with Crippen molar-refractivity contribution in [3.63, 3.8) is 0 Å². The maximum absolute atomic E-state index is 14.2. The third-order valence-electron chi connectivity index (χ3n) is 4.23. The molecule has 1 unspecified atom stereocenters. The second-order valence-electron chi connectivity index (χ2n) is 5.74. The smallest absolute Gasteiger partial charge is 0.323 e. The Morgan fingerprint density at radius 2 is 2.10 bits per heavy atom. The lowest BCUT2D eigenvalue weighted by molar-refractivity contribution is -0.121. The molecule has 2 aliphatic rings. The largest absolute Gasteiger partial charge is 0.329 e. The number of imide groups is 1. The molecule has 4 nitrogen and oxygen atoms in total. The van der Waals surface area contributed by atoms with Gasteiger partial charge in [0.2, 0.25) is 0 Å². The Labute approximate surface area is 117 Å². The van der Waals surface area contributed by atoms with Crippen LogP contribution in [-0.2, 0) is 4.79 Å². The normalized spacial score (nSPS) is 26.1. The van der Waals surface area contributed by atoms with E-state index >= 15 is 0 Å². The molecule has 1 aliphatic carbocycles. The summed E-state index contributed by atoms with van der Waals surface area (Å²) in [6.45, 7) is 3.47. The molecule has 1 aliphatic heterocycles. The van der Waals surface area contributed by atoms with Crippen molar-refractivity contribution in [1.29, 1.82) is 0 Å². The van der Waals surface area contributed by atoms with Gasteiger partial charge in [0.1, 0.15) is 11.4 Å². The third kappa shape index (κ3) is 1.88. The molecular formula is C15H17FN2O2. The minimum Gasteiger partial charge on any atom is -0.323 e. The lowest BCUT2D eigenvalue weighted by atomic mass is 9.99. The molecule has 20 heavy (non-hydrogen) atoms. The molecule has 0 aromatic heterocycles. The Hall–Kier alpha value is -1.91. The van der Waals surface area contributed by atoms with Gasteiger partial charge in [0.15, 0.2) is 0 Å². The van der Waals surface area contributed by atoms with E-state index in [9.17, 15) is 14.0 Å². The van der Waals surface area contributed by atoms with Crippen molar-refractivity contribution < 1.29 is 14.0 Å². The Morgan fingerprint density at radius 1 is 1.40 bits per heavy atom. The first kappa shape index (κ1) is 13.1. The van der Waals surface area contributed by atoms with Gasteiger partial charge in [-0.3, -0.25) is 4.79 Å². The maximum Gasteiger partial charge on any atom is 0.329 e. The molecule has 1 N–H and O–H groups in total. The molecule has 3 rings (SSSR count). The van der Waals surface area contributed by atoms with Crippen molar-refractivity contribution in [3.05, 3.63) is 29.6 Å². The molecule has 0 radical (unpaired) electrons. The van der Waals surface area contributed by atoms with Crippen molar-refractivity contribution >= 4 is 17.6 Å². The Morgan fingerprint density at radius 3 is 2.60 bits per heavy atom. The van der Waals surface area contributed by atoms with Crippen molar-refractivity contribution in [2.75, 3.05) is 4.90 Å². The van der Waals surface area contributed by atoms with E-state index in [1.807, 2.05) is 6.92 Å². The van der Waals surface area contributed by atoms with Crippen molar-refractivity contribution in [2.24, 2.45) is 0 Å². The minimum atomic E-state index is -0.946. The van der Waals surface area contributed by atoms with Crippen LogP contribution in [0.25, 0.3) is 0 Å². The number of hydrogen-bond acceptors (Lipinski definition) is 2. The standard InChI is InChI=1S/C15H17FN2O2/c1-3-15(2)13(19)18(14(20)17-15)12-7-6-10(8-11(12)16)9-4-5-9/h6-9H,3-5H2,1-2H3,(H,17,20). The fourth-order valence-corrected chi connectivity index (χ4v) is 2.52. The molecule has 2 fully saturated rings. The van der Waals surface area contributed by atoms with E-state index in [0.717, 1.165) is 23.3 Å². The predicted molar refractivity (Wildman–Crippen MR) is 73.1 cm³/mol. The second-order valence-corrected chi connectivity index (χ2v) is 5.74. The number of rotatable bonds is 3. The zero-order valence-corrected chi connectivity index (χ0v) is 11.6. The van der Waals surface area contributed by atoms with Gasteiger partial charge in [-0.25, -0.2) is 14.1 Å². The van der Waals surface area contributed by atoms with Crippen LogP contribution in [0.5, 0.6) is 0 Å². The number of urea groups is 1. The Balaban J connectivity index is 1.96. The summed E-state index contributed by atoms with van der Waals surface area (Å²) < 4.78 is 14.2. The first-order chi connectivity index (χ1) is 9.46. The van der Waals surface area contributed by atoms with Crippen LogP contribution in [0.2, 0.25) is 0 Å². The second kappa shape index (κ2) is 4.30. The van der Waals surface area contributed by atoms with Gasteiger partial charge < -0.3 is 5.32 Å². The number of halogens is 1. The Bertz CT molecular complexity index is 598. The van der Waals surface area contributed by atoms with Gasteiger partial charge in [-0.1, -0.05) is 13.0 Å². The quantitative estimate of drug-likeness (QED) is 0.863. The fourth-order valence-electron chi connectivity index (χ4n) is 2.52. The number of carbonyl (C=O) groups excluding carboxylic acids is 2. The summed E-state index contributed by atoms with van der Waals surface area (Å²) in [5.41, 5.74) is 0.0317. The molecule has 1 saturated heterocycles. The minimum absolute atomic E-state index is 0.0362. The molecule has 5 heteroatoms. The summed E-state index contributed by atoms with van der Waals surface area (Å²) in [7, 11) is 0. The molecule has 1 aromatic rings. The summed E-state index contributed by atoms with van der Waals surface area (Å²) in [6, 6.07) is 4.22. The highest BCUT2D eigenvalue weighted by atomic mass is 19.1. The van der Waals surface area contributed by atoms with Gasteiger partial charge in [-0.2, -0.15) is 0 Å². The molecule has 106 valence electrons. The van der Waals surface area contributed by atoms with E-state index < -0.39 is 23.3 Å². The van der Waals surface area contributed by atoms with Crippen LogP contribution < -0.4 is 10.2 Å². The predicted octanol–water partition coefficient (Wildman–Crippen LogP) is 2.93. The summed E-state index contributed by atoms with van der Waals surface area (Å²) in [5.74, 6) is -0.483. The van der Waals surface area contributed by atoms with Gasteiger partial charge in [0.05, 0.1) is 5.69 Å². The average Bonchev–Trinajstić information content (AvgIpc) is 3.21. The first-order valence-electron chi connectivity index (χ1n) is 6.92. The third-order valence-corrected chi connectivity index (χ3v) is 4.23. The SMILES string of the molecule is CCC1(C)NC(=O)N(c2ccc(C3CC3)cc2F)C1=O. The number of carbonyl (C=O) groups is 2. The topological polar surface area (TPSA) is 49.4 Å². The van der Waals surface area contributed by atoms with E-state index in [0.29, 0.717) is 12.3 Å². The summed E-state index contributed by atoms with van der Waals surface area (Å²) in [6.07, 6.45) is 2.63. The molecule has 1 atom stereocenters. The number of nitrogens with one attached hydrogen (secondary N) is 1. The van der Waals surface area contributed by atoms with Crippen LogP contribution in [-0.4, -0.2) is 17.5 Å². The summed E-state index contributed by atoms with van der Waals surface area (Å²) in [4.78, 5) is 25.2. The highest BCUT2D eigenvalue weighted by Gasteiger charge is 2.48. The highest BCUT2D eigenvalue weighted by Crippen LogP contribution is 2.41. The highest BCUT2D eigenvalue weighted by molar-refractivity contribution is 6.23. The number of anilines is 1. The van der Waals surface area contributed by atoms with E-state index in [1.165, 1.54) is 12.1 Å². The van der Waals surface area contributed by atoms with Crippen molar-refractivity contribution in [1.82, 2.24) is 5.32 Å². The van der Waals surface area contributed by atoms with Crippen LogP contribution in [0.15, 0.2) is 18.2 Å². The van der Waals surface area contributed by atoms with Crippen molar-refractivity contribution in [3.8, 4) is 0 Å². The van der Waals surface area contributed by atoms with Gasteiger partial charge in [-0.15, -0.1) is 0 Å². The average molecular weight is 276 g/mol. The van der Waals surface area contributed by atoms with Gasteiger partial charge in [-0.05, 0) is 49.8 Å². The zero-order chi connectivity index (χ0) is 14.5. The molecule has 1 saturated carbocycles. The number of nitrogens with zero attached hydrogens (tertiary/aromatic N) is 1. The van der Waals surface area contributed by atoms with Crippen LogP contribution in [0.4, 0.5) is 14.9 Å². The van der Waals surface area contributed by atoms with Crippen LogP contribution >= 0.6 is 0 Å². The number of amides is 3. The van der Waals surface area contributed by atoms with Gasteiger partial charge >= 0.3 is 6.03 Å². The van der Waals surface area contributed by atoms with Crippen molar-refractivity contribution in [2.45, 2.75) is 44.6 Å². The van der Waals surface area contributed by atoms with E-state index in [2.05, 4.69) is 5.32 Å². The zero-order valence-electron chi connectivity index (χ0n) is 11.6. The van der Waals surface area contributed by atoms with Crippen LogP contribution in [0, 0.1) is 5.82 Å². The lowest BCUT2D eigenvalue weighted by Gasteiger charge is -2.19. The lowest BCUT2D eigenvalue weighted by Crippen LogP contribution is -2.43. The van der Waals surface area contributed by atoms with Crippen LogP contribution in [0.3, 0.4) is 0 Å². The molecule has 3 amide bonds. The Kier molecular flexibility index (Phi) is 2.81. The fraction of sp³-hybridized carbons (Fsp3) is 0.467. The molecule has 0 spiro atoms. The molecule has 0 bridgehead atoms. The first-order valence-corrected chi connectivity index (χ1v) is 6.92. The molecular weight excluding hydrogens is 259 g/mol.